The third-order valence-electron chi connectivity index (χ3n) is 4.59. The molecule has 0 aromatic heterocycles. The Morgan fingerprint density at radius 2 is 1.68 bits per heavy atom. The molecule has 3 rings (SSSR count). The van der Waals surface area contributed by atoms with E-state index in [0.717, 1.165) is 6.42 Å². The Labute approximate surface area is 142 Å². The molecule has 22 heavy (non-hydrogen) atoms. The fraction of sp³-hybridized carbons (Fsp3) is 0.368. The molecule has 2 N–H and O–H groups in total. The highest BCUT2D eigenvalue weighted by Gasteiger charge is 2.15. The molecule has 0 saturated carbocycles. The number of rotatable bonds is 4. The van der Waals surface area contributed by atoms with Gasteiger partial charge in [0.1, 0.15) is 0 Å². The van der Waals surface area contributed by atoms with E-state index in [2.05, 4.69) is 18.2 Å². The Morgan fingerprint density at radius 1 is 0.909 bits per heavy atom. The number of halogens is 2. The zero-order chi connectivity index (χ0) is 15.5. The normalized spacial score (nSPS) is 15.4. The summed E-state index contributed by atoms with van der Waals surface area (Å²) < 4.78 is 0. The summed E-state index contributed by atoms with van der Waals surface area (Å²) in [6.45, 7) is 0.638. The van der Waals surface area contributed by atoms with Crippen LogP contribution in [-0.2, 0) is 19.3 Å². The summed E-state index contributed by atoms with van der Waals surface area (Å²) in [7, 11) is 0. The van der Waals surface area contributed by atoms with Crippen molar-refractivity contribution in [3.63, 3.8) is 0 Å². The molecule has 1 aliphatic carbocycles. The summed E-state index contributed by atoms with van der Waals surface area (Å²) in [6.07, 6.45) is 5.93. The van der Waals surface area contributed by atoms with Crippen LogP contribution < -0.4 is 5.73 Å². The van der Waals surface area contributed by atoms with Gasteiger partial charge in [0.05, 0.1) is 10.0 Å². The van der Waals surface area contributed by atoms with Gasteiger partial charge in [-0.15, -0.1) is 0 Å². The molecule has 1 unspecified atom stereocenters. The van der Waals surface area contributed by atoms with Gasteiger partial charge in [-0.2, -0.15) is 0 Å². The predicted molar refractivity (Wildman–Crippen MR) is 95.0 cm³/mol. The minimum absolute atomic E-state index is 0.324. The van der Waals surface area contributed by atoms with Gasteiger partial charge in [0.15, 0.2) is 0 Å². The molecule has 0 spiro atoms. The number of fused-ring (bicyclic) bond motifs is 1. The number of nitrogens with two attached hydrogens (primary N) is 1. The molecule has 1 aliphatic rings. The summed E-state index contributed by atoms with van der Waals surface area (Å²) in [4.78, 5) is 0. The fourth-order valence-electron chi connectivity index (χ4n) is 3.30. The fourth-order valence-corrected chi connectivity index (χ4v) is 3.62. The topological polar surface area (TPSA) is 26.0 Å². The highest BCUT2D eigenvalue weighted by Crippen LogP contribution is 2.29. The average Bonchev–Trinajstić information content (AvgIpc) is 2.55. The molecule has 0 amide bonds. The number of aryl methyl sites for hydroxylation is 2. The maximum atomic E-state index is 6.12. The van der Waals surface area contributed by atoms with Gasteiger partial charge in [0.2, 0.25) is 0 Å². The van der Waals surface area contributed by atoms with E-state index >= 15 is 0 Å². The lowest BCUT2D eigenvalue weighted by molar-refractivity contribution is 0.668. The van der Waals surface area contributed by atoms with Gasteiger partial charge >= 0.3 is 0 Å². The van der Waals surface area contributed by atoms with E-state index in [4.69, 9.17) is 28.9 Å². The molecule has 3 heteroatoms. The number of hydrogen-bond acceptors (Lipinski definition) is 1. The number of benzene rings is 2. The molecule has 2 aromatic rings. The first-order valence-corrected chi connectivity index (χ1v) is 8.68. The Bertz CT molecular complexity index is 666. The highest BCUT2D eigenvalue weighted by molar-refractivity contribution is 6.42. The summed E-state index contributed by atoms with van der Waals surface area (Å²) in [5.41, 5.74) is 11.6. The SMILES string of the molecule is NCC(Cc1ccc(Cl)c(Cl)c1)c1ccc2c(c1)CCCC2. The first-order valence-electron chi connectivity index (χ1n) is 7.93. The molecule has 0 radical (unpaired) electrons. The second-order valence-corrected chi connectivity index (χ2v) is 6.93. The molecule has 0 bridgehead atoms. The average molecular weight is 334 g/mol. The quantitative estimate of drug-likeness (QED) is 0.821. The monoisotopic (exact) mass is 333 g/mol. The standard InChI is InChI=1S/C19H21Cl2N/c20-18-8-5-13(10-19(18)21)9-17(12-22)16-7-6-14-3-1-2-4-15(14)11-16/h5-8,10-11,17H,1-4,9,12,22H2. The number of hydrogen-bond donors (Lipinski definition) is 1. The van der Waals surface area contributed by atoms with E-state index in [1.54, 1.807) is 0 Å². The van der Waals surface area contributed by atoms with Crippen molar-refractivity contribution in [3.8, 4) is 0 Å². The van der Waals surface area contributed by atoms with Crippen molar-refractivity contribution in [2.75, 3.05) is 6.54 Å². The lowest BCUT2D eigenvalue weighted by Gasteiger charge is -2.21. The molecule has 0 heterocycles. The molecule has 116 valence electrons. The highest BCUT2D eigenvalue weighted by atomic mass is 35.5. The summed E-state index contributed by atoms with van der Waals surface area (Å²) in [5, 5.41) is 1.21. The summed E-state index contributed by atoms with van der Waals surface area (Å²) in [5.74, 6) is 0.324. The van der Waals surface area contributed by atoms with Gasteiger partial charge in [-0.1, -0.05) is 47.5 Å². The van der Waals surface area contributed by atoms with E-state index < -0.39 is 0 Å². The molecule has 0 fully saturated rings. The van der Waals surface area contributed by atoms with Gasteiger partial charge < -0.3 is 5.73 Å². The van der Waals surface area contributed by atoms with E-state index in [-0.39, 0.29) is 0 Å². The van der Waals surface area contributed by atoms with Gasteiger partial charge in [-0.3, -0.25) is 0 Å². The third kappa shape index (κ3) is 3.48. The van der Waals surface area contributed by atoms with Crippen LogP contribution in [0.25, 0.3) is 0 Å². The van der Waals surface area contributed by atoms with Crippen molar-refractivity contribution in [2.45, 2.75) is 38.0 Å². The van der Waals surface area contributed by atoms with Gasteiger partial charge in [-0.05, 0) is 73.0 Å². The Hall–Kier alpha value is -1.02. The second kappa shape index (κ2) is 7.04. The molecule has 1 nitrogen and oxygen atoms in total. The van der Waals surface area contributed by atoms with E-state index in [9.17, 15) is 0 Å². The van der Waals surface area contributed by atoms with Crippen molar-refractivity contribution < 1.29 is 0 Å². The molecule has 0 saturated heterocycles. The van der Waals surface area contributed by atoms with Crippen LogP contribution in [0.2, 0.25) is 10.0 Å². The Morgan fingerprint density at radius 3 is 2.41 bits per heavy atom. The van der Waals surface area contributed by atoms with Crippen molar-refractivity contribution in [2.24, 2.45) is 5.73 Å². The van der Waals surface area contributed by atoms with Crippen LogP contribution in [0.1, 0.15) is 41.0 Å². The molecule has 2 aromatic carbocycles. The van der Waals surface area contributed by atoms with Crippen LogP contribution in [0.15, 0.2) is 36.4 Å². The first-order chi connectivity index (χ1) is 10.7. The maximum Gasteiger partial charge on any atom is 0.0595 e. The zero-order valence-electron chi connectivity index (χ0n) is 12.6. The summed E-state index contributed by atoms with van der Waals surface area (Å²) >= 11 is 12.1. The van der Waals surface area contributed by atoms with E-state index in [0.29, 0.717) is 22.5 Å². The molecular weight excluding hydrogens is 313 g/mol. The molecular formula is C19H21Cl2N. The zero-order valence-corrected chi connectivity index (χ0v) is 14.1. The largest absolute Gasteiger partial charge is 0.330 e. The van der Waals surface area contributed by atoms with E-state index in [1.807, 2.05) is 18.2 Å². The van der Waals surface area contributed by atoms with Crippen LogP contribution >= 0.6 is 23.2 Å². The lowest BCUT2D eigenvalue weighted by atomic mass is 9.85. The predicted octanol–water partition coefficient (Wildman–Crippen LogP) is 5.16. The van der Waals surface area contributed by atoms with Crippen LogP contribution in [-0.4, -0.2) is 6.54 Å². The second-order valence-electron chi connectivity index (χ2n) is 6.12. The van der Waals surface area contributed by atoms with Gasteiger partial charge in [0, 0.05) is 5.92 Å². The first kappa shape index (κ1) is 15.9. The van der Waals surface area contributed by atoms with Crippen LogP contribution in [0.4, 0.5) is 0 Å². The lowest BCUT2D eigenvalue weighted by Crippen LogP contribution is -2.16. The van der Waals surface area contributed by atoms with Gasteiger partial charge in [-0.25, -0.2) is 0 Å². The van der Waals surface area contributed by atoms with Crippen molar-refractivity contribution in [1.82, 2.24) is 0 Å². The van der Waals surface area contributed by atoms with Crippen molar-refractivity contribution in [1.29, 1.82) is 0 Å². The smallest absolute Gasteiger partial charge is 0.0595 e. The Kier molecular flexibility index (Phi) is 5.07. The van der Waals surface area contributed by atoms with E-state index in [1.165, 1.54) is 47.9 Å². The third-order valence-corrected chi connectivity index (χ3v) is 5.33. The van der Waals surface area contributed by atoms with Crippen molar-refractivity contribution >= 4 is 23.2 Å². The Balaban J connectivity index is 1.82. The van der Waals surface area contributed by atoms with Crippen molar-refractivity contribution in [3.05, 3.63) is 68.7 Å². The maximum absolute atomic E-state index is 6.12. The van der Waals surface area contributed by atoms with Crippen LogP contribution in [0.3, 0.4) is 0 Å². The van der Waals surface area contributed by atoms with Crippen LogP contribution in [0, 0.1) is 0 Å². The minimum Gasteiger partial charge on any atom is -0.330 e. The molecule has 1 atom stereocenters. The van der Waals surface area contributed by atoms with Crippen LogP contribution in [0.5, 0.6) is 0 Å². The molecule has 0 aliphatic heterocycles. The van der Waals surface area contributed by atoms with Gasteiger partial charge in [0.25, 0.3) is 0 Å². The summed E-state index contributed by atoms with van der Waals surface area (Å²) in [6, 6.07) is 12.8. The minimum atomic E-state index is 0.324.